The molecule has 1 aliphatic rings. The van der Waals surface area contributed by atoms with E-state index in [1.165, 1.54) is 4.90 Å². The molecule has 2 unspecified atom stereocenters. The van der Waals surface area contributed by atoms with Gasteiger partial charge in [0.1, 0.15) is 11.6 Å². The van der Waals surface area contributed by atoms with Gasteiger partial charge in [-0.25, -0.2) is 13.6 Å². The summed E-state index contributed by atoms with van der Waals surface area (Å²) in [5.41, 5.74) is -1.10. The number of benzene rings is 4. The third kappa shape index (κ3) is 5.53. The summed E-state index contributed by atoms with van der Waals surface area (Å²) in [4.78, 5) is 14.9. The summed E-state index contributed by atoms with van der Waals surface area (Å²) in [7, 11) is -3.18. The molecule has 5 rings (SSSR count). The minimum atomic E-state index is -3.18. The molecule has 2 atom stereocenters. The van der Waals surface area contributed by atoms with Crippen LogP contribution in [0.15, 0.2) is 115 Å². The van der Waals surface area contributed by atoms with Crippen molar-refractivity contribution in [1.82, 2.24) is 4.90 Å². The van der Waals surface area contributed by atoms with Crippen molar-refractivity contribution < 1.29 is 23.1 Å². The van der Waals surface area contributed by atoms with Crippen LogP contribution in [0.3, 0.4) is 0 Å². The molecule has 45 heavy (non-hydrogen) atoms. The van der Waals surface area contributed by atoms with E-state index in [0.717, 1.165) is 34.1 Å². The fraction of sp³-hybridized carbons (Fsp3) is 0.289. The lowest BCUT2D eigenvalue weighted by atomic mass is 9.68. The van der Waals surface area contributed by atoms with Gasteiger partial charge >= 0.3 is 6.09 Å². The second kappa shape index (κ2) is 12.0. The zero-order valence-corrected chi connectivity index (χ0v) is 27.7. The number of carbonyl (C=O) groups is 1. The maximum Gasteiger partial charge on any atom is 0.408 e. The van der Waals surface area contributed by atoms with E-state index in [4.69, 9.17) is 4.43 Å². The fourth-order valence-electron chi connectivity index (χ4n) is 7.04. The predicted molar refractivity (Wildman–Crippen MR) is 179 cm³/mol. The van der Waals surface area contributed by atoms with Crippen LogP contribution < -0.4 is 10.4 Å². The lowest BCUT2D eigenvalue weighted by molar-refractivity contribution is 0.00377. The van der Waals surface area contributed by atoms with Crippen molar-refractivity contribution in [2.45, 2.75) is 58.2 Å². The summed E-state index contributed by atoms with van der Waals surface area (Å²) in [6.45, 7) is 12.2. The van der Waals surface area contributed by atoms with Gasteiger partial charge in [-0.3, -0.25) is 4.90 Å². The minimum absolute atomic E-state index is 0.0284. The van der Waals surface area contributed by atoms with Gasteiger partial charge in [-0.1, -0.05) is 139 Å². The first-order valence-electron chi connectivity index (χ1n) is 15.2. The monoisotopic (exact) mass is 625 g/mol. The summed E-state index contributed by atoms with van der Waals surface area (Å²) in [5.74, 6) is -1.23. The number of halogens is 2. The first kappa shape index (κ1) is 32.3. The van der Waals surface area contributed by atoms with Crippen molar-refractivity contribution in [3.63, 3.8) is 0 Å². The Kier molecular flexibility index (Phi) is 8.64. The number of hydrogen-bond acceptors (Lipinski definition) is 2. The molecular weight excluding hydrogens is 585 g/mol. The van der Waals surface area contributed by atoms with Crippen molar-refractivity contribution in [1.29, 1.82) is 0 Å². The first-order chi connectivity index (χ1) is 21.2. The number of nitrogens with zero attached hydrogens (tertiary/aromatic N) is 1. The van der Waals surface area contributed by atoms with Gasteiger partial charge < -0.3 is 9.53 Å². The molecule has 4 aromatic carbocycles. The van der Waals surface area contributed by atoms with Crippen molar-refractivity contribution in [2.75, 3.05) is 6.61 Å². The number of carboxylic acid groups (broad SMARTS) is 1. The molecule has 0 radical (unpaired) electrons. The Bertz CT molecular complexity index is 1640. The second-order valence-corrected chi connectivity index (χ2v) is 18.1. The van der Waals surface area contributed by atoms with Crippen molar-refractivity contribution in [3.05, 3.63) is 138 Å². The summed E-state index contributed by atoms with van der Waals surface area (Å²) < 4.78 is 38.1. The Morgan fingerprint density at radius 2 is 1.33 bits per heavy atom. The number of rotatable bonds is 7. The molecule has 0 saturated heterocycles. The maximum atomic E-state index is 15.8. The van der Waals surface area contributed by atoms with Crippen molar-refractivity contribution in [3.8, 4) is 0 Å². The van der Waals surface area contributed by atoms with E-state index in [1.807, 2.05) is 87.5 Å². The average molecular weight is 626 g/mol. The standard InChI is InChI=1S/C38H41F2NO3Si/c1-36(2,3)38(26-44-45(37(4,5)6,29-18-12-8-13-19-29)30-20-14-9-15-21-30)32(31-24-28(39)22-23-33(31)40)25-34(41(38)35(42)43)27-16-10-7-11-17-27/h7-25,34H,26H2,1-6H3,(H,42,43). The summed E-state index contributed by atoms with van der Waals surface area (Å²) in [5, 5.41) is 12.7. The Hall–Kier alpha value is -4.07. The topological polar surface area (TPSA) is 49.8 Å². The van der Waals surface area contributed by atoms with E-state index in [1.54, 1.807) is 6.08 Å². The Morgan fingerprint density at radius 3 is 1.80 bits per heavy atom. The zero-order chi connectivity index (χ0) is 32.6. The van der Waals surface area contributed by atoms with Gasteiger partial charge in [-0.15, -0.1) is 0 Å². The van der Waals surface area contributed by atoms with Crippen LogP contribution in [-0.4, -0.2) is 36.6 Å². The van der Waals surface area contributed by atoms with Gasteiger partial charge in [0.15, 0.2) is 0 Å². The molecule has 1 N–H and O–H groups in total. The van der Waals surface area contributed by atoms with Crippen LogP contribution in [0.2, 0.25) is 5.04 Å². The number of amides is 1. The molecule has 0 bridgehead atoms. The van der Waals surface area contributed by atoms with Gasteiger partial charge in [0, 0.05) is 5.56 Å². The van der Waals surface area contributed by atoms with E-state index in [0.29, 0.717) is 5.57 Å². The average Bonchev–Trinajstić information content (AvgIpc) is 3.36. The highest BCUT2D eigenvalue weighted by atomic mass is 28.4. The van der Waals surface area contributed by atoms with Crippen LogP contribution >= 0.6 is 0 Å². The Labute approximate surface area is 266 Å². The van der Waals surface area contributed by atoms with Crippen LogP contribution in [0.5, 0.6) is 0 Å². The van der Waals surface area contributed by atoms with E-state index >= 15 is 4.39 Å². The van der Waals surface area contributed by atoms with Gasteiger partial charge in [0.2, 0.25) is 0 Å². The third-order valence-corrected chi connectivity index (χ3v) is 14.2. The highest BCUT2D eigenvalue weighted by Crippen LogP contribution is 2.56. The second-order valence-electron chi connectivity index (χ2n) is 13.8. The highest BCUT2D eigenvalue weighted by molar-refractivity contribution is 6.99. The molecule has 0 aromatic heterocycles. The zero-order valence-electron chi connectivity index (χ0n) is 26.7. The van der Waals surface area contributed by atoms with Gasteiger partial charge in [-0.05, 0) is 50.2 Å². The molecule has 0 fully saturated rings. The molecule has 1 heterocycles. The first-order valence-corrected chi connectivity index (χ1v) is 17.1. The molecule has 0 saturated carbocycles. The number of hydrogen-bond donors (Lipinski definition) is 1. The van der Waals surface area contributed by atoms with E-state index in [-0.39, 0.29) is 12.2 Å². The molecule has 1 amide bonds. The molecule has 0 spiro atoms. The van der Waals surface area contributed by atoms with Crippen LogP contribution in [-0.2, 0) is 4.43 Å². The van der Waals surface area contributed by atoms with Crippen LogP contribution in [0, 0.1) is 17.0 Å². The SMILES string of the molecule is CC(C)(C)C1(CO[Si](c2ccccc2)(c2ccccc2)C(C)(C)C)C(c2cc(F)ccc2F)=CC(c2ccccc2)N1C(=O)O. The van der Waals surface area contributed by atoms with Crippen molar-refractivity contribution in [2.24, 2.45) is 5.41 Å². The summed E-state index contributed by atoms with van der Waals surface area (Å²) in [6.07, 6.45) is 0.606. The van der Waals surface area contributed by atoms with E-state index in [9.17, 15) is 14.3 Å². The van der Waals surface area contributed by atoms with Crippen LogP contribution in [0.1, 0.15) is 58.7 Å². The summed E-state index contributed by atoms with van der Waals surface area (Å²) >= 11 is 0. The molecule has 7 heteroatoms. The normalized spacial score (nSPS) is 19.0. The minimum Gasteiger partial charge on any atom is -0.465 e. The van der Waals surface area contributed by atoms with Crippen molar-refractivity contribution >= 4 is 30.4 Å². The Morgan fingerprint density at radius 1 is 0.822 bits per heavy atom. The summed E-state index contributed by atoms with van der Waals surface area (Å²) in [6, 6.07) is 32.1. The van der Waals surface area contributed by atoms with E-state index < -0.39 is 48.1 Å². The molecule has 4 nitrogen and oxygen atoms in total. The molecule has 0 aliphatic carbocycles. The lowest BCUT2D eigenvalue weighted by Crippen LogP contribution is -2.70. The smallest absolute Gasteiger partial charge is 0.408 e. The third-order valence-electron chi connectivity index (χ3n) is 9.18. The van der Waals surface area contributed by atoms with Gasteiger partial charge in [0.05, 0.1) is 18.2 Å². The highest BCUT2D eigenvalue weighted by Gasteiger charge is 2.61. The van der Waals surface area contributed by atoms with Gasteiger partial charge in [0.25, 0.3) is 8.32 Å². The molecule has 4 aromatic rings. The quantitative estimate of drug-likeness (QED) is 0.210. The fourth-order valence-corrected chi connectivity index (χ4v) is 11.6. The van der Waals surface area contributed by atoms with Crippen LogP contribution in [0.25, 0.3) is 5.57 Å². The predicted octanol–water partition coefficient (Wildman–Crippen LogP) is 8.44. The lowest BCUT2D eigenvalue weighted by Gasteiger charge is -2.53. The largest absolute Gasteiger partial charge is 0.465 e. The van der Waals surface area contributed by atoms with Crippen LogP contribution in [0.4, 0.5) is 13.6 Å². The maximum absolute atomic E-state index is 15.8. The molecule has 234 valence electrons. The molecule has 1 aliphatic heterocycles. The molecular formula is C38H41F2NO3Si. The van der Waals surface area contributed by atoms with Gasteiger partial charge in [-0.2, -0.15) is 0 Å². The Balaban J connectivity index is 1.81. The van der Waals surface area contributed by atoms with E-state index in [2.05, 4.69) is 45.0 Å².